The minimum absolute atomic E-state index is 0.0147. The van der Waals surface area contributed by atoms with Crippen LogP contribution in [0, 0.1) is 11.3 Å². The number of hydrogen-bond donors (Lipinski definition) is 3. The predicted octanol–water partition coefficient (Wildman–Crippen LogP) is 1.95. The van der Waals surface area contributed by atoms with Crippen LogP contribution >= 0.6 is 0 Å². The van der Waals surface area contributed by atoms with E-state index in [9.17, 15) is 14.4 Å². The number of nitrogens with one attached hydrogen (secondary N) is 3. The van der Waals surface area contributed by atoms with E-state index in [4.69, 9.17) is 4.74 Å². The Kier molecular flexibility index (Phi) is 6.95. The zero-order chi connectivity index (χ0) is 27.8. The van der Waals surface area contributed by atoms with Gasteiger partial charge >= 0.3 is 6.09 Å². The van der Waals surface area contributed by atoms with E-state index in [1.807, 2.05) is 20.8 Å². The number of carbonyl (C=O) groups excluding carboxylic acids is 3. The number of hydrogen-bond acceptors (Lipinski definition) is 11. The highest BCUT2D eigenvalue weighted by atomic mass is 16.6. The normalized spacial score (nSPS) is 18.3. The fourth-order valence-corrected chi connectivity index (χ4v) is 4.71. The summed E-state index contributed by atoms with van der Waals surface area (Å²) in [5.41, 5.74) is -0.224. The van der Waals surface area contributed by atoms with Gasteiger partial charge in [0, 0.05) is 50.8 Å². The molecule has 208 valence electrons. The molecular weight excluding hydrogens is 504 g/mol. The molecule has 4 heterocycles. The summed E-state index contributed by atoms with van der Waals surface area (Å²) in [5.74, 6) is 0.434. The topological polar surface area (TPSA) is 167 Å². The van der Waals surface area contributed by atoms with Crippen molar-refractivity contribution in [3.8, 4) is 0 Å². The average molecular weight is 539 g/mol. The zero-order valence-corrected chi connectivity index (χ0v) is 22.7. The Morgan fingerprint density at radius 1 is 1.03 bits per heavy atom. The van der Waals surface area contributed by atoms with Crippen molar-refractivity contribution in [3.05, 3.63) is 18.1 Å². The van der Waals surface area contributed by atoms with Gasteiger partial charge in [0.05, 0.1) is 0 Å². The van der Waals surface area contributed by atoms with Gasteiger partial charge in [-0.2, -0.15) is 9.97 Å². The number of likely N-dealkylation sites (tertiary alicyclic amines) is 1. The Balaban J connectivity index is 1.23. The van der Waals surface area contributed by atoms with Gasteiger partial charge in [-0.25, -0.2) is 19.7 Å². The Morgan fingerprint density at radius 2 is 1.74 bits per heavy atom. The first-order valence-corrected chi connectivity index (χ1v) is 13.1. The Hall–Kier alpha value is -4.10. The lowest BCUT2D eigenvalue weighted by atomic mass is 9.72. The van der Waals surface area contributed by atoms with Gasteiger partial charge in [0.2, 0.25) is 23.8 Å². The molecule has 1 saturated carbocycles. The molecule has 2 aromatic rings. The SMILES string of the molecule is CNC(=O)c1cnc(NC(=O)C2CC2)nc1Nc1ncnc(N2CC3(CCN(C(=O)OC(C)(C)C)CC3)C2)n1. The number of aromatic nitrogens is 5. The Labute approximate surface area is 226 Å². The lowest BCUT2D eigenvalue weighted by Crippen LogP contribution is -2.61. The standard InChI is InChI=1S/C25H34N10O4/c1-24(2,3)39-23(38)34-9-7-25(8-10-34)12-35(13-25)22-29-14-28-21(33-22)31-17-16(19(37)26-4)11-27-20(30-17)32-18(36)15-5-6-15/h11,14-15H,5-10,12-13H2,1-4H3,(H,26,37)(H2,27,28,29,30,31,32,33,36). The third-order valence-corrected chi connectivity index (χ3v) is 7.04. The molecule has 0 unspecified atom stereocenters. The molecule has 3 fully saturated rings. The highest BCUT2D eigenvalue weighted by Crippen LogP contribution is 2.42. The number of amides is 3. The van der Waals surface area contributed by atoms with E-state index in [1.54, 1.807) is 4.90 Å². The molecule has 39 heavy (non-hydrogen) atoms. The van der Waals surface area contributed by atoms with Crippen LogP contribution < -0.4 is 20.9 Å². The third kappa shape index (κ3) is 6.15. The highest BCUT2D eigenvalue weighted by Gasteiger charge is 2.47. The smallest absolute Gasteiger partial charge is 0.410 e. The number of carbonyl (C=O) groups is 3. The molecule has 1 spiro atoms. The van der Waals surface area contributed by atoms with E-state index in [1.165, 1.54) is 19.6 Å². The van der Waals surface area contributed by atoms with Crippen LogP contribution in [0.5, 0.6) is 0 Å². The summed E-state index contributed by atoms with van der Waals surface area (Å²) in [6.45, 7) is 8.46. The molecular formula is C25H34N10O4. The summed E-state index contributed by atoms with van der Waals surface area (Å²) in [6, 6.07) is 0. The van der Waals surface area contributed by atoms with Crippen molar-refractivity contribution in [1.82, 2.24) is 35.1 Å². The summed E-state index contributed by atoms with van der Waals surface area (Å²) in [7, 11) is 1.51. The van der Waals surface area contributed by atoms with Gasteiger partial charge < -0.3 is 25.2 Å². The van der Waals surface area contributed by atoms with E-state index in [0.29, 0.717) is 19.0 Å². The lowest BCUT2D eigenvalue weighted by Gasteiger charge is -2.53. The van der Waals surface area contributed by atoms with Gasteiger partial charge in [-0.1, -0.05) is 0 Å². The minimum Gasteiger partial charge on any atom is -0.444 e. The maximum absolute atomic E-state index is 12.4. The van der Waals surface area contributed by atoms with Crippen molar-refractivity contribution >= 4 is 41.6 Å². The number of rotatable bonds is 6. The fraction of sp³-hybridized carbons (Fsp3) is 0.600. The van der Waals surface area contributed by atoms with Crippen molar-refractivity contribution in [2.45, 2.75) is 52.1 Å². The quantitative estimate of drug-likeness (QED) is 0.492. The first-order chi connectivity index (χ1) is 18.5. The molecule has 1 aliphatic carbocycles. The third-order valence-electron chi connectivity index (χ3n) is 7.04. The molecule has 0 bridgehead atoms. The first kappa shape index (κ1) is 26.5. The number of ether oxygens (including phenoxy) is 1. The number of anilines is 4. The molecule has 0 atom stereocenters. The molecule has 0 aromatic carbocycles. The van der Waals surface area contributed by atoms with Crippen LogP contribution in [-0.2, 0) is 9.53 Å². The van der Waals surface area contributed by atoms with Crippen LogP contribution in [0.15, 0.2) is 12.5 Å². The van der Waals surface area contributed by atoms with E-state index in [-0.39, 0.29) is 46.6 Å². The van der Waals surface area contributed by atoms with Crippen LogP contribution in [0.1, 0.15) is 56.8 Å². The maximum atomic E-state index is 12.4. The van der Waals surface area contributed by atoms with Crippen LogP contribution in [0.3, 0.4) is 0 Å². The van der Waals surface area contributed by atoms with Crippen LogP contribution in [0.4, 0.5) is 28.5 Å². The Morgan fingerprint density at radius 3 is 2.38 bits per heavy atom. The van der Waals surface area contributed by atoms with Crippen molar-refractivity contribution in [1.29, 1.82) is 0 Å². The van der Waals surface area contributed by atoms with Crippen LogP contribution in [0.2, 0.25) is 0 Å². The maximum Gasteiger partial charge on any atom is 0.410 e. The second-order valence-corrected chi connectivity index (χ2v) is 11.4. The molecule has 2 saturated heterocycles. The van der Waals surface area contributed by atoms with Gasteiger partial charge in [-0.3, -0.25) is 14.9 Å². The molecule has 3 aliphatic rings. The Bertz CT molecular complexity index is 1260. The second kappa shape index (κ2) is 10.2. The molecule has 0 radical (unpaired) electrons. The summed E-state index contributed by atoms with van der Waals surface area (Å²) >= 11 is 0. The first-order valence-electron chi connectivity index (χ1n) is 13.1. The molecule has 5 rings (SSSR count). The van der Waals surface area contributed by atoms with Crippen molar-refractivity contribution < 1.29 is 19.1 Å². The average Bonchev–Trinajstić information content (AvgIpc) is 3.72. The van der Waals surface area contributed by atoms with Gasteiger partial charge in [0.1, 0.15) is 17.5 Å². The summed E-state index contributed by atoms with van der Waals surface area (Å²) in [5, 5.41) is 8.23. The second-order valence-electron chi connectivity index (χ2n) is 11.4. The van der Waals surface area contributed by atoms with Gasteiger partial charge in [0.25, 0.3) is 5.91 Å². The molecule has 3 amide bonds. The van der Waals surface area contributed by atoms with Crippen molar-refractivity contribution in [2.75, 3.05) is 48.8 Å². The number of piperidine rings is 1. The van der Waals surface area contributed by atoms with E-state index in [2.05, 4.69) is 45.8 Å². The molecule has 2 aromatic heterocycles. The summed E-state index contributed by atoms with van der Waals surface area (Å²) in [4.78, 5) is 62.3. The molecule has 14 nitrogen and oxygen atoms in total. The van der Waals surface area contributed by atoms with Gasteiger partial charge in [-0.15, -0.1) is 0 Å². The van der Waals surface area contributed by atoms with E-state index in [0.717, 1.165) is 38.8 Å². The predicted molar refractivity (Wildman–Crippen MR) is 142 cm³/mol. The highest BCUT2D eigenvalue weighted by molar-refractivity contribution is 5.99. The van der Waals surface area contributed by atoms with Crippen molar-refractivity contribution in [2.24, 2.45) is 11.3 Å². The number of nitrogens with zero attached hydrogens (tertiary/aromatic N) is 7. The summed E-state index contributed by atoms with van der Waals surface area (Å²) in [6.07, 6.45) is 5.94. The molecule has 2 aliphatic heterocycles. The zero-order valence-electron chi connectivity index (χ0n) is 22.7. The van der Waals surface area contributed by atoms with E-state index >= 15 is 0 Å². The molecule has 3 N–H and O–H groups in total. The lowest BCUT2D eigenvalue weighted by molar-refractivity contribution is -0.117. The van der Waals surface area contributed by atoms with Crippen molar-refractivity contribution in [3.63, 3.8) is 0 Å². The van der Waals surface area contributed by atoms with Crippen LogP contribution in [0.25, 0.3) is 0 Å². The van der Waals surface area contributed by atoms with Gasteiger partial charge in [0.15, 0.2) is 5.82 Å². The molecule has 14 heteroatoms. The van der Waals surface area contributed by atoms with E-state index < -0.39 is 11.5 Å². The summed E-state index contributed by atoms with van der Waals surface area (Å²) < 4.78 is 5.51. The largest absolute Gasteiger partial charge is 0.444 e. The van der Waals surface area contributed by atoms with Gasteiger partial charge in [-0.05, 0) is 46.5 Å². The monoisotopic (exact) mass is 538 g/mol. The fourth-order valence-electron chi connectivity index (χ4n) is 4.71. The minimum atomic E-state index is -0.511. The van der Waals surface area contributed by atoms with Crippen LogP contribution in [-0.4, -0.2) is 86.6 Å².